The first kappa shape index (κ1) is 19.8. The summed E-state index contributed by atoms with van der Waals surface area (Å²) in [6.45, 7) is 2.49. The van der Waals surface area contributed by atoms with Crippen LogP contribution in [0.2, 0.25) is 0 Å². The maximum absolute atomic E-state index is 12.6. The van der Waals surface area contributed by atoms with Crippen molar-refractivity contribution in [2.45, 2.75) is 17.9 Å². The number of carbonyl (C=O) groups is 1. The summed E-state index contributed by atoms with van der Waals surface area (Å²) in [5, 5.41) is 7.60. The first-order valence-electron chi connectivity index (χ1n) is 8.76. The van der Waals surface area contributed by atoms with E-state index in [2.05, 4.69) is 10.6 Å². The van der Waals surface area contributed by atoms with E-state index in [-0.39, 0.29) is 10.9 Å². The van der Waals surface area contributed by atoms with E-state index in [0.717, 1.165) is 12.0 Å². The van der Waals surface area contributed by atoms with Crippen LogP contribution in [0.5, 0.6) is 0 Å². The van der Waals surface area contributed by atoms with E-state index in [9.17, 15) is 13.2 Å². The molecule has 9 heteroatoms. The minimum Gasteiger partial charge on any atom is -0.379 e. The SMILES string of the molecule is O=C(NCCc1cccs1)NCc1ccc(S(=O)(=O)N2CCOCC2)cc1. The van der Waals surface area contributed by atoms with Crippen LogP contribution in [0, 0.1) is 0 Å². The van der Waals surface area contributed by atoms with E-state index in [1.807, 2.05) is 17.5 Å². The zero-order valence-electron chi connectivity index (χ0n) is 14.9. The van der Waals surface area contributed by atoms with Crippen LogP contribution >= 0.6 is 11.3 Å². The number of carbonyl (C=O) groups excluding carboxylic acids is 1. The van der Waals surface area contributed by atoms with Gasteiger partial charge in [0.25, 0.3) is 0 Å². The lowest BCUT2D eigenvalue weighted by Gasteiger charge is -2.26. The van der Waals surface area contributed by atoms with Crippen molar-refractivity contribution in [3.63, 3.8) is 0 Å². The number of sulfonamides is 1. The molecule has 1 aliphatic rings. The molecule has 0 spiro atoms. The van der Waals surface area contributed by atoms with Crippen LogP contribution in [0.15, 0.2) is 46.7 Å². The highest BCUT2D eigenvalue weighted by Gasteiger charge is 2.26. The Hall–Kier alpha value is -1.94. The lowest BCUT2D eigenvalue weighted by atomic mass is 10.2. The van der Waals surface area contributed by atoms with Gasteiger partial charge in [0.05, 0.1) is 18.1 Å². The third-order valence-electron chi connectivity index (χ3n) is 4.22. The molecule has 0 radical (unpaired) electrons. The molecular formula is C18H23N3O4S2. The molecule has 2 amide bonds. The second kappa shape index (κ2) is 9.32. The molecule has 3 rings (SSSR count). The minimum atomic E-state index is -3.49. The van der Waals surface area contributed by atoms with Crippen molar-refractivity contribution in [1.29, 1.82) is 0 Å². The van der Waals surface area contributed by atoms with Gasteiger partial charge in [-0.25, -0.2) is 13.2 Å². The van der Waals surface area contributed by atoms with Crippen LogP contribution in [0.25, 0.3) is 0 Å². The van der Waals surface area contributed by atoms with Crippen LogP contribution in [-0.2, 0) is 27.7 Å². The van der Waals surface area contributed by atoms with E-state index in [1.54, 1.807) is 35.6 Å². The van der Waals surface area contributed by atoms with Crippen molar-refractivity contribution in [3.8, 4) is 0 Å². The Morgan fingerprint density at radius 3 is 2.52 bits per heavy atom. The second-order valence-electron chi connectivity index (χ2n) is 6.10. The Labute approximate surface area is 163 Å². The van der Waals surface area contributed by atoms with E-state index in [1.165, 1.54) is 9.18 Å². The summed E-state index contributed by atoms with van der Waals surface area (Å²) in [6.07, 6.45) is 0.805. The lowest BCUT2D eigenvalue weighted by molar-refractivity contribution is 0.0730. The Morgan fingerprint density at radius 1 is 1.11 bits per heavy atom. The smallest absolute Gasteiger partial charge is 0.315 e. The predicted molar refractivity (Wildman–Crippen MR) is 104 cm³/mol. The number of ether oxygens (including phenoxy) is 1. The van der Waals surface area contributed by atoms with Crippen LogP contribution in [-0.4, -0.2) is 51.6 Å². The minimum absolute atomic E-state index is 0.239. The molecular weight excluding hydrogens is 386 g/mol. The number of hydrogen-bond donors (Lipinski definition) is 2. The second-order valence-corrected chi connectivity index (χ2v) is 9.07. The van der Waals surface area contributed by atoms with Gasteiger partial charge in [0.1, 0.15) is 0 Å². The molecule has 146 valence electrons. The number of benzene rings is 1. The van der Waals surface area contributed by atoms with Crippen LogP contribution in [0.3, 0.4) is 0 Å². The highest BCUT2D eigenvalue weighted by molar-refractivity contribution is 7.89. The fourth-order valence-corrected chi connectivity index (χ4v) is 4.83. The van der Waals surface area contributed by atoms with E-state index >= 15 is 0 Å². The van der Waals surface area contributed by atoms with Gasteiger partial charge in [0.15, 0.2) is 0 Å². The Morgan fingerprint density at radius 2 is 1.85 bits per heavy atom. The number of thiophene rings is 1. The van der Waals surface area contributed by atoms with Crippen molar-refractivity contribution in [2.24, 2.45) is 0 Å². The number of nitrogens with zero attached hydrogens (tertiary/aromatic N) is 1. The zero-order valence-corrected chi connectivity index (χ0v) is 16.5. The Bertz CT molecular complexity index is 830. The fraction of sp³-hybridized carbons (Fsp3) is 0.389. The average molecular weight is 410 g/mol. The summed E-state index contributed by atoms with van der Waals surface area (Å²) < 4.78 is 31.8. The zero-order chi connectivity index (χ0) is 19.1. The summed E-state index contributed by atoms with van der Waals surface area (Å²) in [7, 11) is -3.49. The van der Waals surface area contributed by atoms with E-state index < -0.39 is 10.0 Å². The number of amides is 2. The van der Waals surface area contributed by atoms with Gasteiger partial charge < -0.3 is 15.4 Å². The predicted octanol–water partition coefficient (Wildman–Crippen LogP) is 1.81. The summed E-state index contributed by atoms with van der Waals surface area (Å²) in [5.74, 6) is 0. The van der Waals surface area contributed by atoms with Gasteiger partial charge in [-0.15, -0.1) is 11.3 Å². The van der Waals surface area contributed by atoms with Crippen molar-refractivity contribution in [1.82, 2.24) is 14.9 Å². The molecule has 27 heavy (non-hydrogen) atoms. The van der Waals surface area contributed by atoms with Crippen molar-refractivity contribution >= 4 is 27.4 Å². The third-order valence-corrected chi connectivity index (χ3v) is 7.07. The summed E-state index contributed by atoms with van der Waals surface area (Å²) in [6, 6.07) is 10.4. The average Bonchev–Trinajstić information content (AvgIpc) is 3.21. The number of urea groups is 1. The molecule has 0 aliphatic carbocycles. The standard InChI is InChI=1S/C18H23N3O4S2/c22-18(19-8-7-16-2-1-13-26-16)20-14-15-3-5-17(6-4-15)27(23,24)21-9-11-25-12-10-21/h1-6,13H,7-12,14H2,(H2,19,20,22). The van der Waals surface area contributed by atoms with Gasteiger partial charge >= 0.3 is 6.03 Å². The largest absolute Gasteiger partial charge is 0.379 e. The van der Waals surface area contributed by atoms with Crippen molar-refractivity contribution in [2.75, 3.05) is 32.8 Å². The van der Waals surface area contributed by atoms with E-state index in [0.29, 0.717) is 39.4 Å². The van der Waals surface area contributed by atoms with Gasteiger partial charge in [-0.2, -0.15) is 4.31 Å². The van der Waals surface area contributed by atoms with Crippen molar-refractivity contribution in [3.05, 3.63) is 52.2 Å². The molecule has 1 saturated heterocycles. The van der Waals surface area contributed by atoms with Crippen LogP contribution in [0.1, 0.15) is 10.4 Å². The fourth-order valence-electron chi connectivity index (χ4n) is 2.71. The molecule has 0 bridgehead atoms. The molecule has 0 atom stereocenters. The van der Waals surface area contributed by atoms with Gasteiger partial charge in [-0.1, -0.05) is 18.2 Å². The lowest BCUT2D eigenvalue weighted by Crippen LogP contribution is -2.40. The molecule has 7 nitrogen and oxygen atoms in total. The van der Waals surface area contributed by atoms with Crippen LogP contribution in [0.4, 0.5) is 4.79 Å². The number of morpholine rings is 1. The molecule has 2 N–H and O–H groups in total. The van der Waals surface area contributed by atoms with Gasteiger partial charge in [0, 0.05) is 31.1 Å². The first-order valence-corrected chi connectivity index (χ1v) is 11.1. The highest BCUT2D eigenvalue weighted by Crippen LogP contribution is 2.17. The number of rotatable bonds is 7. The Balaban J connectivity index is 1.46. The molecule has 1 aromatic heterocycles. The maximum atomic E-state index is 12.6. The highest BCUT2D eigenvalue weighted by atomic mass is 32.2. The molecule has 2 aromatic rings. The topological polar surface area (TPSA) is 87.7 Å². The van der Waals surface area contributed by atoms with Gasteiger partial charge in [0.2, 0.25) is 10.0 Å². The quantitative estimate of drug-likeness (QED) is 0.730. The summed E-state index contributed by atoms with van der Waals surface area (Å²) in [5.41, 5.74) is 0.837. The van der Waals surface area contributed by atoms with Crippen LogP contribution < -0.4 is 10.6 Å². The molecule has 2 heterocycles. The normalized spacial score (nSPS) is 15.4. The van der Waals surface area contributed by atoms with Crippen molar-refractivity contribution < 1.29 is 17.9 Å². The number of nitrogens with one attached hydrogen (secondary N) is 2. The summed E-state index contributed by atoms with van der Waals surface area (Å²) >= 11 is 1.67. The monoisotopic (exact) mass is 409 g/mol. The Kier molecular flexibility index (Phi) is 6.84. The third kappa shape index (κ3) is 5.52. The van der Waals surface area contributed by atoms with Gasteiger partial charge in [-0.3, -0.25) is 0 Å². The number of hydrogen-bond acceptors (Lipinski definition) is 5. The van der Waals surface area contributed by atoms with E-state index in [4.69, 9.17) is 4.74 Å². The maximum Gasteiger partial charge on any atom is 0.315 e. The first-order chi connectivity index (χ1) is 13.1. The molecule has 1 aromatic carbocycles. The summed E-state index contributed by atoms with van der Waals surface area (Å²) in [4.78, 5) is 13.3. The molecule has 1 fully saturated rings. The van der Waals surface area contributed by atoms with Gasteiger partial charge in [-0.05, 0) is 35.6 Å². The molecule has 1 aliphatic heterocycles. The molecule has 0 unspecified atom stereocenters. The molecule has 0 saturated carbocycles.